The van der Waals surface area contributed by atoms with Crippen LogP contribution in [0.25, 0.3) is 0 Å². The van der Waals surface area contributed by atoms with Gasteiger partial charge in [0, 0.05) is 18.1 Å². The fourth-order valence-electron chi connectivity index (χ4n) is 3.42. The molecule has 1 N–H and O–H groups in total. The van der Waals surface area contributed by atoms with E-state index in [1.807, 2.05) is 0 Å². The van der Waals surface area contributed by atoms with Crippen LogP contribution < -0.4 is 10.1 Å². The molecule has 1 unspecified atom stereocenters. The molecule has 1 fully saturated rings. The topological polar surface area (TPSA) is 102 Å². The molecule has 0 radical (unpaired) electrons. The number of nitrogens with zero attached hydrogens (tertiary/aromatic N) is 1. The number of hydrogen-bond acceptors (Lipinski definition) is 6. The minimum absolute atomic E-state index is 0.00772. The van der Waals surface area contributed by atoms with Gasteiger partial charge in [-0.05, 0) is 62.2 Å². The highest BCUT2D eigenvalue weighted by molar-refractivity contribution is 7.89. The van der Waals surface area contributed by atoms with Crippen LogP contribution in [0.1, 0.15) is 19.8 Å². The Morgan fingerprint density at radius 2 is 1.79 bits per heavy atom. The molecule has 3 rings (SSSR count). The maximum absolute atomic E-state index is 13.1. The van der Waals surface area contributed by atoms with Crippen LogP contribution in [0.15, 0.2) is 47.4 Å². The Morgan fingerprint density at radius 1 is 1.15 bits per heavy atom. The number of halogens is 2. The number of methoxy groups -OCH3 is 1. The molecule has 0 bridgehead atoms. The lowest BCUT2D eigenvalue weighted by Gasteiger charge is -2.30. The molecule has 2 aromatic rings. The highest BCUT2D eigenvalue weighted by Gasteiger charge is 2.34. The lowest BCUT2D eigenvalue weighted by molar-refractivity contribution is -0.158. The van der Waals surface area contributed by atoms with E-state index in [2.05, 4.69) is 5.32 Å². The number of esters is 1. The van der Waals surface area contributed by atoms with Crippen LogP contribution in [-0.2, 0) is 24.3 Å². The maximum atomic E-state index is 13.1. The third kappa shape index (κ3) is 6.01. The Labute approximate surface area is 196 Å². The molecule has 8 nitrogen and oxygen atoms in total. The summed E-state index contributed by atoms with van der Waals surface area (Å²) in [5.74, 6) is -1.79. The second kappa shape index (κ2) is 10.5. The van der Waals surface area contributed by atoms with Crippen molar-refractivity contribution >= 4 is 39.2 Å². The van der Waals surface area contributed by atoms with Gasteiger partial charge in [0.15, 0.2) is 6.10 Å². The van der Waals surface area contributed by atoms with Crippen molar-refractivity contribution in [2.75, 3.05) is 25.5 Å². The molecule has 0 saturated carbocycles. The van der Waals surface area contributed by atoms with E-state index in [-0.39, 0.29) is 30.8 Å². The molecule has 33 heavy (non-hydrogen) atoms. The molecule has 1 aliphatic heterocycles. The number of rotatable bonds is 7. The molecule has 178 valence electrons. The van der Waals surface area contributed by atoms with Gasteiger partial charge in [0.05, 0.1) is 23.6 Å². The van der Waals surface area contributed by atoms with E-state index in [0.29, 0.717) is 16.5 Å². The number of anilines is 1. The van der Waals surface area contributed by atoms with E-state index < -0.39 is 39.7 Å². The van der Waals surface area contributed by atoms with Crippen molar-refractivity contribution in [3.05, 3.63) is 53.3 Å². The van der Waals surface area contributed by atoms with E-state index in [0.717, 1.165) is 12.1 Å². The van der Waals surface area contributed by atoms with Crippen LogP contribution in [0, 0.1) is 11.7 Å². The average molecular weight is 499 g/mol. The third-order valence-corrected chi connectivity index (χ3v) is 7.47. The Kier molecular flexibility index (Phi) is 7.93. The lowest BCUT2D eigenvalue weighted by atomic mass is 9.98. The molecule has 11 heteroatoms. The van der Waals surface area contributed by atoms with Gasteiger partial charge < -0.3 is 14.8 Å². The zero-order valence-electron chi connectivity index (χ0n) is 18.1. The zero-order chi connectivity index (χ0) is 24.2. The monoisotopic (exact) mass is 498 g/mol. The van der Waals surface area contributed by atoms with Crippen LogP contribution in [0.5, 0.6) is 5.75 Å². The molecule has 0 aliphatic carbocycles. The van der Waals surface area contributed by atoms with Gasteiger partial charge in [-0.25, -0.2) is 12.8 Å². The van der Waals surface area contributed by atoms with Gasteiger partial charge in [0.25, 0.3) is 5.91 Å². The predicted octanol–water partition coefficient (Wildman–Crippen LogP) is 3.46. The first-order valence-corrected chi connectivity index (χ1v) is 12.0. The second-order valence-corrected chi connectivity index (χ2v) is 9.92. The zero-order valence-corrected chi connectivity index (χ0v) is 19.7. The highest BCUT2D eigenvalue weighted by Crippen LogP contribution is 2.28. The molecule has 0 spiro atoms. The summed E-state index contributed by atoms with van der Waals surface area (Å²) in [6.07, 6.45) is -0.590. The predicted molar refractivity (Wildman–Crippen MR) is 120 cm³/mol. The summed E-state index contributed by atoms with van der Waals surface area (Å²) in [4.78, 5) is 25.0. The lowest BCUT2D eigenvalue weighted by Crippen LogP contribution is -2.41. The first-order valence-electron chi connectivity index (χ1n) is 10.2. The van der Waals surface area contributed by atoms with Gasteiger partial charge in [0.1, 0.15) is 11.6 Å². The van der Waals surface area contributed by atoms with E-state index in [1.54, 1.807) is 12.1 Å². The largest absolute Gasteiger partial charge is 0.495 e. The summed E-state index contributed by atoms with van der Waals surface area (Å²) in [6, 6.07) is 9.32. The molecule has 1 saturated heterocycles. The van der Waals surface area contributed by atoms with Crippen molar-refractivity contribution in [2.24, 2.45) is 5.92 Å². The number of nitrogens with one attached hydrogen (secondary N) is 1. The van der Waals surface area contributed by atoms with Gasteiger partial charge in [-0.3, -0.25) is 9.59 Å². The molecule has 1 amide bonds. The van der Waals surface area contributed by atoms with Gasteiger partial charge in [-0.1, -0.05) is 11.6 Å². The smallest absolute Gasteiger partial charge is 0.309 e. The maximum Gasteiger partial charge on any atom is 0.309 e. The number of hydrogen-bond donors (Lipinski definition) is 1. The van der Waals surface area contributed by atoms with E-state index >= 15 is 0 Å². The molecule has 0 aromatic heterocycles. The minimum atomic E-state index is -3.78. The molecule has 1 atom stereocenters. The minimum Gasteiger partial charge on any atom is -0.495 e. The number of piperidine rings is 1. The van der Waals surface area contributed by atoms with Crippen LogP contribution in [-0.4, -0.2) is 50.9 Å². The van der Waals surface area contributed by atoms with Crippen LogP contribution in [0.3, 0.4) is 0 Å². The standard InChI is InChI=1S/C22H24ClFN2O6S/c1-14(21(27)25-19-13-16(23)3-8-20(19)31-2)32-22(28)15-9-11-26(12-10-15)33(29,30)18-6-4-17(24)5-7-18/h3-8,13-15H,9-12H2,1-2H3,(H,25,27). The normalized spacial score (nSPS) is 16.1. The van der Waals surface area contributed by atoms with E-state index in [4.69, 9.17) is 21.1 Å². The second-order valence-electron chi connectivity index (χ2n) is 7.55. The van der Waals surface area contributed by atoms with Gasteiger partial charge in [-0.15, -0.1) is 0 Å². The van der Waals surface area contributed by atoms with Gasteiger partial charge in [-0.2, -0.15) is 4.31 Å². The fraction of sp³-hybridized carbons (Fsp3) is 0.364. The Morgan fingerprint density at radius 3 is 2.39 bits per heavy atom. The number of carbonyl (C=O) groups is 2. The van der Waals surface area contributed by atoms with Crippen molar-refractivity contribution in [1.82, 2.24) is 4.31 Å². The van der Waals surface area contributed by atoms with Crippen molar-refractivity contribution in [1.29, 1.82) is 0 Å². The van der Waals surface area contributed by atoms with Crippen LogP contribution in [0.2, 0.25) is 5.02 Å². The number of benzene rings is 2. The molecule has 1 aliphatic rings. The summed E-state index contributed by atoms with van der Waals surface area (Å²) in [5.41, 5.74) is 0.345. The van der Waals surface area contributed by atoms with E-state index in [1.165, 1.54) is 36.5 Å². The first kappa shape index (κ1) is 24.9. The summed E-state index contributed by atoms with van der Waals surface area (Å²) in [5, 5.41) is 3.02. The summed E-state index contributed by atoms with van der Waals surface area (Å²) < 4.78 is 50.3. The Hall–Kier alpha value is -2.69. The SMILES string of the molecule is COc1ccc(Cl)cc1NC(=O)C(C)OC(=O)C1CCN(S(=O)(=O)c2ccc(F)cc2)CC1. The van der Waals surface area contributed by atoms with Gasteiger partial charge in [0.2, 0.25) is 10.0 Å². The molecular formula is C22H24ClFN2O6S. The number of sulfonamides is 1. The average Bonchev–Trinajstić information content (AvgIpc) is 2.79. The number of carbonyl (C=O) groups excluding carboxylic acids is 2. The molecular weight excluding hydrogens is 475 g/mol. The van der Waals surface area contributed by atoms with Crippen LogP contribution >= 0.6 is 11.6 Å². The van der Waals surface area contributed by atoms with Gasteiger partial charge >= 0.3 is 5.97 Å². The Bertz CT molecular complexity index is 1120. The summed E-state index contributed by atoms with van der Waals surface area (Å²) in [7, 11) is -2.33. The Balaban J connectivity index is 1.55. The van der Waals surface area contributed by atoms with Crippen molar-refractivity contribution < 1.29 is 31.9 Å². The summed E-state index contributed by atoms with van der Waals surface area (Å²) in [6.45, 7) is 1.66. The van der Waals surface area contributed by atoms with Crippen molar-refractivity contribution in [3.63, 3.8) is 0 Å². The fourth-order valence-corrected chi connectivity index (χ4v) is 5.07. The highest BCUT2D eigenvalue weighted by atomic mass is 35.5. The van der Waals surface area contributed by atoms with Crippen LogP contribution in [0.4, 0.5) is 10.1 Å². The number of amides is 1. The first-order chi connectivity index (χ1) is 15.6. The molecule has 1 heterocycles. The van der Waals surface area contributed by atoms with E-state index in [9.17, 15) is 22.4 Å². The quantitative estimate of drug-likeness (QED) is 0.586. The van der Waals surface area contributed by atoms with Crippen molar-refractivity contribution in [2.45, 2.75) is 30.8 Å². The number of ether oxygens (including phenoxy) is 2. The molecule has 2 aromatic carbocycles. The third-order valence-electron chi connectivity index (χ3n) is 5.32. The van der Waals surface area contributed by atoms with Crippen molar-refractivity contribution in [3.8, 4) is 5.75 Å². The summed E-state index contributed by atoms with van der Waals surface area (Å²) >= 11 is 5.96.